The van der Waals surface area contributed by atoms with Crippen LogP contribution in [0.1, 0.15) is 53.9 Å². The molecule has 7 atom stereocenters. The highest BCUT2D eigenvalue weighted by Gasteiger charge is 2.68. The first-order valence-corrected chi connectivity index (χ1v) is 10.1. The molecule has 0 aromatic carbocycles. The van der Waals surface area contributed by atoms with E-state index in [0.29, 0.717) is 30.4 Å². The van der Waals surface area contributed by atoms with E-state index in [1.807, 2.05) is 6.08 Å². The van der Waals surface area contributed by atoms with Crippen LogP contribution in [0.15, 0.2) is 23.3 Å². The van der Waals surface area contributed by atoms with E-state index in [2.05, 4.69) is 26.8 Å². The zero-order valence-electron chi connectivity index (χ0n) is 17.2. The molecule has 0 aromatic heterocycles. The molecule has 0 spiro atoms. The molecule has 0 radical (unpaired) electrons. The van der Waals surface area contributed by atoms with E-state index in [4.69, 9.17) is 9.47 Å². The maximum atomic E-state index is 12.1. The maximum Gasteiger partial charge on any atom is 0.334 e. The average Bonchev–Trinajstić information content (AvgIpc) is 2.87. The van der Waals surface area contributed by atoms with Gasteiger partial charge in [0.2, 0.25) is 0 Å². The topological polar surface area (TPSA) is 93.1 Å². The molecule has 0 bridgehead atoms. The standard InChI is InChI=1S/C22H30O6/c1-11-17-13(28-19(11)25)10-15-21(5)14(6-9-22(15,26)18(17)24)20(3,4)8-7-16(21)27-12(2)23/h7-8,13-16,18,24,26H,6,9-10H2,1-5H3/t13-,14-,15+,16-,18+,21-,22+/m1/s1. The Morgan fingerprint density at radius 1 is 1.29 bits per heavy atom. The summed E-state index contributed by atoms with van der Waals surface area (Å²) in [4.78, 5) is 23.9. The SMILES string of the molecule is CC(=O)O[C@@H]1C=CC(C)(C)[C@H]2CC[C@]3(O)[C@@H](C[C@H]4OC(=O)C(C)=C4[C@@H]3O)[C@@]21C. The van der Waals surface area contributed by atoms with Crippen molar-refractivity contribution in [1.29, 1.82) is 0 Å². The van der Waals surface area contributed by atoms with E-state index >= 15 is 0 Å². The van der Waals surface area contributed by atoms with Crippen LogP contribution >= 0.6 is 0 Å². The molecular formula is C22H30O6. The Morgan fingerprint density at radius 3 is 2.61 bits per heavy atom. The molecule has 28 heavy (non-hydrogen) atoms. The van der Waals surface area contributed by atoms with E-state index in [1.54, 1.807) is 6.92 Å². The Morgan fingerprint density at radius 2 is 1.96 bits per heavy atom. The fourth-order valence-electron chi connectivity index (χ4n) is 6.68. The van der Waals surface area contributed by atoms with E-state index in [1.165, 1.54) is 6.92 Å². The third-order valence-corrected chi connectivity index (χ3v) is 8.00. The monoisotopic (exact) mass is 390 g/mol. The Hall–Kier alpha value is -1.66. The molecule has 6 heteroatoms. The summed E-state index contributed by atoms with van der Waals surface area (Å²) < 4.78 is 11.2. The van der Waals surface area contributed by atoms with Gasteiger partial charge in [-0.05, 0) is 43.6 Å². The van der Waals surface area contributed by atoms with Crippen LogP contribution in [-0.2, 0) is 19.1 Å². The first-order valence-electron chi connectivity index (χ1n) is 10.1. The van der Waals surface area contributed by atoms with Gasteiger partial charge in [0, 0.05) is 29.4 Å². The number of ether oxygens (including phenoxy) is 2. The van der Waals surface area contributed by atoms with Gasteiger partial charge < -0.3 is 19.7 Å². The molecule has 0 amide bonds. The number of carbonyl (C=O) groups excluding carboxylic acids is 2. The molecule has 1 aliphatic heterocycles. The normalized spacial score (nSPS) is 46.4. The van der Waals surface area contributed by atoms with E-state index in [9.17, 15) is 19.8 Å². The minimum Gasteiger partial charge on any atom is -0.458 e. The highest BCUT2D eigenvalue weighted by molar-refractivity contribution is 5.92. The molecular weight excluding hydrogens is 360 g/mol. The van der Waals surface area contributed by atoms with Crippen molar-refractivity contribution in [3.63, 3.8) is 0 Å². The second-order valence-electron chi connectivity index (χ2n) is 9.82. The third kappa shape index (κ3) is 2.40. The molecule has 0 unspecified atom stereocenters. The van der Waals surface area contributed by atoms with Gasteiger partial charge in [0.05, 0.1) is 5.60 Å². The maximum absolute atomic E-state index is 12.1. The lowest BCUT2D eigenvalue weighted by Crippen LogP contribution is -2.69. The van der Waals surface area contributed by atoms with E-state index in [0.717, 1.165) is 0 Å². The molecule has 4 aliphatic rings. The Kier molecular flexibility index (Phi) is 4.16. The number of rotatable bonds is 1. The van der Waals surface area contributed by atoms with Gasteiger partial charge in [0.25, 0.3) is 0 Å². The van der Waals surface area contributed by atoms with Gasteiger partial charge in [-0.3, -0.25) is 4.79 Å². The van der Waals surface area contributed by atoms with Crippen LogP contribution in [0.25, 0.3) is 0 Å². The van der Waals surface area contributed by atoms with Crippen molar-refractivity contribution in [3.05, 3.63) is 23.3 Å². The summed E-state index contributed by atoms with van der Waals surface area (Å²) in [6.07, 6.45) is 3.37. The van der Waals surface area contributed by atoms with Gasteiger partial charge in [0.15, 0.2) is 0 Å². The number of hydrogen-bond acceptors (Lipinski definition) is 6. The molecule has 3 aliphatic carbocycles. The molecule has 4 rings (SSSR count). The van der Waals surface area contributed by atoms with Crippen LogP contribution in [0.5, 0.6) is 0 Å². The highest BCUT2D eigenvalue weighted by Crippen LogP contribution is 2.65. The smallest absolute Gasteiger partial charge is 0.334 e. The van der Waals surface area contributed by atoms with Crippen LogP contribution in [0, 0.1) is 22.7 Å². The lowest BCUT2D eigenvalue weighted by Gasteiger charge is -2.64. The van der Waals surface area contributed by atoms with Crippen molar-refractivity contribution < 1.29 is 29.3 Å². The van der Waals surface area contributed by atoms with Crippen LogP contribution in [0.2, 0.25) is 0 Å². The van der Waals surface area contributed by atoms with Gasteiger partial charge in [0.1, 0.15) is 18.3 Å². The predicted octanol–water partition coefficient (Wildman–Crippen LogP) is 2.28. The molecule has 6 nitrogen and oxygen atoms in total. The second kappa shape index (κ2) is 5.92. The van der Waals surface area contributed by atoms with Crippen LogP contribution in [0.3, 0.4) is 0 Å². The fraction of sp³-hybridized carbons (Fsp3) is 0.727. The molecule has 0 aromatic rings. The predicted molar refractivity (Wildman–Crippen MR) is 101 cm³/mol. The van der Waals surface area contributed by atoms with Crippen molar-refractivity contribution in [3.8, 4) is 0 Å². The number of hydrogen-bond donors (Lipinski definition) is 2. The van der Waals surface area contributed by atoms with Gasteiger partial charge in [-0.1, -0.05) is 26.8 Å². The average molecular weight is 390 g/mol. The lowest BCUT2D eigenvalue weighted by molar-refractivity contribution is -0.238. The summed E-state index contributed by atoms with van der Waals surface area (Å²) in [6, 6.07) is 0. The molecule has 154 valence electrons. The summed E-state index contributed by atoms with van der Waals surface area (Å²) in [5.41, 5.74) is -1.20. The zero-order chi connectivity index (χ0) is 20.6. The molecule has 2 N–H and O–H groups in total. The van der Waals surface area contributed by atoms with Gasteiger partial charge in [-0.15, -0.1) is 0 Å². The van der Waals surface area contributed by atoms with Crippen LogP contribution in [0.4, 0.5) is 0 Å². The van der Waals surface area contributed by atoms with Crippen molar-refractivity contribution in [2.24, 2.45) is 22.7 Å². The number of allylic oxidation sites excluding steroid dienone is 1. The quantitative estimate of drug-likeness (QED) is 0.527. The van der Waals surface area contributed by atoms with Crippen molar-refractivity contribution in [1.82, 2.24) is 0 Å². The summed E-state index contributed by atoms with van der Waals surface area (Å²) in [5, 5.41) is 22.9. The third-order valence-electron chi connectivity index (χ3n) is 8.00. The Bertz CT molecular complexity index is 795. The number of fused-ring (bicyclic) bond motifs is 4. The number of aliphatic hydroxyl groups excluding tert-OH is 1. The van der Waals surface area contributed by atoms with Gasteiger partial charge >= 0.3 is 11.9 Å². The molecule has 2 fully saturated rings. The summed E-state index contributed by atoms with van der Waals surface area (Å²) in [6.45, 7) is 9.40. The Balaban J connectivity index is 1.84. The van der Waals surface area contributed by atoms with Crippen LogP contribution < -0.4 is 0 Å². The number of aliphatic hydroxyl groups is 2. The number of carbonyl (C=O) groups is 2. The molecule has 0 saturated heterocycles. The molecule has 2 saturated carbocycles. The van der Waals surface area contributed by atoms with Crippen molar-refractivity contribution in [2.45, 2.75) is 77.8 Å². The fourth-order valence-corrected chi connectivity index (χ4v) is 6.68. The lowest BCUT2D eigenvalue weighted by atomic mass is 9.43. The highest BCUT2D eigenvalue weighted by atomic mass is 16.6. The summed E-state index contributed by atoms with van der Waals surface area (Å²) in [7, 11) is 0. The number of esters is 2. The van der Waals surface area contributed by atoms with E-state index < -0.39 is 35.3 Å². The minimum atomic E-state index is -1.38. The van der Waals surface area contributed by atoms with Gasteiger partial charge in [-0.25, -0.2) is 4.79 Å². The van der Waals surface area contributed by atoms with Crippen LogP contribution in [-0.4, -0.2) is 46.1 Å². The molecule has 1 heterocycles. The van der Waals surface area contributed by atoms with Crippen molar-refractivity contribution in [2.75, 3.05) is 0 Å². The first kappa shape index (κ1) is 19.6. The Labute approximate surface area is 165 Å². The van der Waals surface area contributed by atoms with E-state index in [-0.39, 0.29) is 23.2 Å². The van der Waals surface area contributed by atoms with Crippen molar-refractivity contribution >= 4 is 11.9 Å². The van der Waals surface area contributed by atoms with Gasteiger partial charge in [-0.2, -0.15) is 0 Å². The summed E-state index contributed by atoms with van der Waals surface area (Å²) >= 11 is 0. The summed E-state index contributed by atoms with van der Waals surface area (Å²) in [5.74, 6) is -1.03. The zero-order valence-corrected chi connectivity index (χ0v) is 17.2. The second-order valence-corrected chi connectivity index (χ2v) is 9.82. The minimum absolute atomic E-state index is 0.143. The largest absolute Gasteiger partial charge is 0.458 e. The first-order chi connectivity index (χ1) is 12.9.